The van der Waals surface area contributed by atoms with Crippen molar-refractivity contribution in [2.45, 2.75) is 45.3 Å². The molecule has 8 heteroatoms. The number of para-hydroxylation sites is 1. The number of non-ortho nitro benzene ring substituents is 1. The Bertz CT molecular complexity index is 1290. The molecule has 0 aliphatic carbocycles. The van der Waals surface area contributed by atoms with Gasteiger partial charge in [-0.2, -0.15) is 0 Å². The van der Waals surface area contributed by atoms with E-state index in [1.54, 1.807) is 20.8 Å². The molecule has 2 aromatic rings. The van der Waals surface area contributed by atoms with Crippen molar-refractivity contribution in [3.63, 3.8) is 0 Å². The van der Waals surface area contributed by atoms with Gasteiger partial charge < -0.3 is 4.90 Å². The number of fused-ring (bicyclic) bond motifs is 5. The fourth-order valence-corrected chi connectivity index (χ4v) is 5.70. The Balaban J connectivity index is 1.70. The van der Waals surface area contributed by atoms with E-state index in [9.17, 15) is 24.5 Å². The van der Waals surface area contributed by atoms with Crippen molar-refractivity contribution in [3.05, 3.63) is 75.8 Å². The zero-order valence-corrected chi connectivity index (χ0v) is 19.4. The van der Waals surface area contributed by atoms with Crippen molar-refractivity contribution in [2.75, 3.05) is 4.90 Å². The van der Waals surface area contributed by atoms with Crippen LogP contribution in [-0.2, 0) is 9.59 Å². The summed E-state index contributed by atoms with van der Waals surface area (Å²) in [7, 11) is 0. The van der Waals surface area contributed by atoms with Gasteiger partial charge in [-0.1, -0.05) is 36.4 Å². The Morgan fingerprint density at radius 3 is 2.35 bits per heavy atom. The highest BCUT2D eigenvalue weighted by Gasteiger charge is 2.65. The third kappa shape index (κ3) is 3.01. The number of carbonyl (C=O) groups excluding carboxylic acids is 3. The number of carbonyl (C=O) groups is 3. The van der Waals surface area contributed by atoms with E-state index >= 15 is 0 Å². The molecule has 3 aliphatic rings. The van der Waals surface area contributed by atoms with E-state index in [1.807, 2.05) is 42.2 Å². The van der Waals surface area contributed by atoms with Crippen molar-refractivity contribution in [3.8, 4) is 0 Å². The summed E-state index contributed by atoms with van der Waals surface area (Å²) in [6.45, 7) is 7.37. The van der Waals surface area contributed by atoms with Crippen LogP contribution >= 0.6 is 0 Å². The number of rotatable bonds is 3. The monoisotopic (exact) mass is 459 g/mol. The summed E-state index contributed by atoms with van der Waals surface area (Å²) < 4.78 is 0. The second-order valence-electron chi connectivity index (χ2n) is 10.1. The Hall–Kier alpha value is -3.81. The summed E-state index contributed by atoms with van der Waals surface area (Å²) >= 11 is 0. The number of Topliss-reactive ketones (excluding diaryl/α,β-unsaturated/α-hetero) is 1. The third-order valence-electron chi connectivity index (χ3n) is 7.04. The second-order valence-corrected chi connectivity index (χ2v) is 10.1. The SMILES string of the molecule is CC1=C[C@@H]2[C@@H]3C(=O)N(C(C)(C)C)C(=O)[C@H]3[C@H](C(=O)c3cccc([N+](=O)[O-])c3)N2c2ccccc21. The Morgan fingerprint density at radius 1 is 1.00 bits per heavy atom. The van der Waals surface area contributed by atoms with Crippen LogP contribution in [0.5, 0.6) is 0 Å². The quantitative estimate of drug-likeness (QED) is 0.299. The van der Waals surface area contributed by atoms with E-state index in [4.69, 9.17) is 0 Å². The zero-order valence-electron chi connectivity index (χ0n) is 19.4. The van der Waals surface area contributed by atoms with Gasteiger partial charge in [0.1, 0.15) is 6.04 Å². The van der Waals surface area contributed by atoms with E-state index < -0.39 is 40.2 Å². The van der Waals surface area contributed by atoms with Gasteiger partial charge >= 0.3 is 0 Å². The van der Waals surface area contributed by atoms with Crippen molar-refractivity contribution in [1.82, 2.24) is 4.90 Å². The summed E-state index contributed by atoms with van der Waals surface area (Å²) in [4.78, 5) is 55.2. The Kier molecular flexibility index (Phi) is 4.76. The van der Waals surface area contributed by atoms with Crippen molar-refractivity contribution >= 4 is 34.5 Å². The number of hydrogen-bond donors (Lipinski definition) is 0. The minimum Gasteiger partial charge on any atom is -0.352 e. The number of imide groups is 1. The van der Waals surface area contributed by atoms with Crippen molar-refractivity contribution in [2.24, 2.45) is 11.8 Å². The van der Waals surface area contributed by atoms with E-state index in [1.165, 1.54) is 29.2 Å². The van der Waals surface area contributed by atoms with Crippen LogP contribution in [0, 0.1) is 22.0 Å². The Morgan fingerprint density at radius 2 is 1.68 bits per heavy atom. The van der Waals surface area contributed by atoms with E-state index in [0.717, 1.165) is 16.8 Å². The molecule has 4 atom stereocenters. The first-order chi connectivity index (χ1) is 16.0. The van der Waals surface area contributed by atoms with Gasteiger partial charge in [0.15, 0.2) is 5.78 Å². The second kappa shape index (κ2) is 7.35. The lowest BCUT2D eigenvalue weighted by Gasteiger charge is -2.39. The summed E-state index contributed by atoms with van der Waals surface area (Å²) in [5.41, 5.74) is 1.92. The molecule has 34 heavy (non-hydrogen) atoms. The lowest BCUT2D eigenvalue weighted by molar-refractivity contribution is -0.384. The van der Waals surface area contributed by atoms with Gasteiger partial charge in [0.05, 0.1) is 22.8 Å². The van der Waals surface area contributed by atoms with Gasteiger partial charge in [-0.3, -0.25) is 29.4 Å². The average Bonchev–Trinajstić information content (AvgIpc) is 3.26. The van der Waals surface area contributed by atoms with Crippen LogP contribution in [-0.4, -0.2) is 45.0 Å². The summed E-state index contributed by atoms with van der Waals surface area (Å²) in [6.07, 6.45) is 1.97. The number of nitro groups is 1. The third-order valence-corrected chi connectivity index (χ3v) is 7.04. The molecular weight excluding hydrogens is 434 g/mol. The standard InChI is InChI=1S/C26H25N3O5/c1-14-12-19-20-21(25(32)28(24(20)31)26(2,3)4)22(27(19)18-11-6-5-10-17(14)18)23(30)15-8-7-9-16(13-15)29(33)34/h5-13,19-22H,1-4H3/t19-,20+,21-,22-/m1/s1. The van der Waals surface area contributed by atoms with Crippen LogP contribution in [0.4, 0.5) is 11.4 Å². The van der Waals surface area contributed by atoms with Gasteiger partial charge in [-0.25, -0.2) is 0 Å². The van der Waals surface area contributed by atoms with Crippen LogP contribution < -0.4 is 4.90 Å². The van der Waals surface area contributed by atoms with Gasteiger partial charge in [-0.15, -0.1) is 0 Å². The first kappa shape index (κ1) is 22.0. The summed E-state index contributed by atoms with van der Waals surface area (Å²) in [5, 5.41) is 11.3. The summed E-state index contributed by atoms with van der Waals surface area (Å²) in [5.74, 6) is -2.64. The van der Waals surface area contributed by atoms with Gasteiger partial charge in [0.25, 0.3) is 5.69 Å². The number of anilines is 1. The molecule has 0 N–H and O–H groups in total. The smallest absolute Gasteiger partial charge is 0.270 e. The maximum Gasteiger partial charge on any atom is 0.270 e. The molecule has 174 valence electrons. The van der Waals surface area contributed by atoms with Crippen LogP contribution in [0.25, 0.3) is 5.57 Å². The largest absolute Gasteiger partial charge is 0.352 e. The molecule has 0 radical (unpaired) electrons. The highest BCUT2D eigenvalue weighted by Crippen LogP contribution is 2.51. The molecule has 2 amide bonds. The van der Waals surface area contributed by atoms with Crippen LogP contribution in [0.15, 0.2) is 54.6 Å². The maximum atomic E-state index is 14.0. The van der Waals surface area contributed by atoms with Crippen molar-refractivity contribution < 1.29 is 19.3 Å². The topological polar surface area (TPSA) is 101 Å². The molecule has 2 aromatic carbocycles. The lowest BCUT2D eigenvalue weighted by atomic mass is 9.85. The number of likely N-dealkylation sites (tertiary alicyclic amines) is 1. The predicted molar refractivity (Wildman–Crippen MR) is 126 cm³/mol. The Labute approximate surface area is 197 Å². The number of nitrogens with zero attached hydrogens (tertiary/aromatic N) is 3. The first-order valence-electron chi connectivity index (χ1n) is 11.2. The zero-order chi connectivity index (χ0) is 24.5. The molecule has 3 heterocycles. The van der Waals surface area contributed by atoms with E-state index in [-0.39, 0.29) is 23.1 Å². The maximum absolute atomic E-state index is 14.0. The molecule has 2 saturated heterocycles. The number of nitro benzene ring substituents is 1. The highest BCUT2D eigenvalue weighted by molar-refractivity contribution is 6.14. The fraction of sp³-hybridized carbons (Fsp3) is 0.346. The minimum absolute atomic E-state index is 0.150. The van der Waals surface area contributed by atoms with Gasteiger partial charge in [-0.05, 0) is 39.3 Å². The number of hydrogen-bond acceptors (Lipinski definition) is 6. The number of amides is 2. The van der Waals surface area contributed by atoms with E-state index in [0.29, 0.717) is 0 Å². The van der Waals surface area contributed by atoms with Crippen LogP contribution in [0.1, 0.15) is 43.6 Å². The average molecular weight is 460 g/mol. The molecule has 3 aliphatic heterocycles. The molecule has 0 bridgehead atoms. The molecule has 8 nitrogen and oxygen atoms in total. The first-order valence-corrected chi connectivity index (χ1v) is 11.2. The number of benzene rings is 2. The normalized spacial score (nSPS) is 25.6. The number of allylic oxidation sites excluding steroid dienone is 1. The van der Waals surface area contributed by atoms with Gasteiger partial charge in [0.2, 0.25) is 11.8 Å². The highest BCUT2D eigenvalue weighted by atomic mass is 16.6. The van der Waals surface area contributed by atoms with E-state index in [2.05, 4.69) is 0 Å². The number of ketones is 1. The minimum atomic E-state index is -0.952. The van der Waals surface area contributed by atoms with Crippen LogP contribution in [0.3, 0.4) is 0 Å². The molecule has 0 aromatic heterocycles. The predicted octanol–water partition coefficient (Wildman–Crippen LogP) is 3.85. The molecule has 2 fully saturated rings. The van der Waals surface area contributed by atoms with Crippen LogP contribution in [0.2, 0.25) is 0 Å². The van der Waals surface area contributed by atoms with Crippen molar-refractivity contribution in [1.29, 1.82) is 0 Å². The van der Waals surface area contributed by atoms with Gasteiger partial charge in [0, 0.05) is 34.5 Å². The summed E-state index contributed by atoms with van der Waals surface area (Å²) in [6, 6.07) is 11.8. The fourth-order valence-electron chi connectivity index (χ4n) is 5.70. The molecule has 0 saturated carbocycles. The molecule has 5 rings (SSSR count). The lowest BCUT2D eigenvalue weighted by Crippen LogP contribution is -2.52. The molecular formula is C26H25N3O5. The molecule has 0 unspecified atom stereocenters. The molecule has 0 spiro atoms.